The summed E-state index contributed by atoms with van der Waals surface area (Å²) in [6, 6.07) is 5.71. The molecule has 0 radical (unpaired) electrons. The molecule has 0 saturated carbocycles. The highest BCUT2D eigenvalue weighted by Gasteiger charge is 2.34. The van der Waals surface area contributed by atoms with Crippen LogP contribution in [0.1, 0.15) is 11.7 Å². The van der Waals surface area contributed by atoms with E-state index in [1.54, 1.807) is 12.1 Å². The number of aliphatic hydroxyl groups is 1. The van der Waals surface area contributed by atoms with E-state index >= 15 is 0 Å². The molecule has 0 amide bonds. The normalized spacial score (nSPS) is 22.8. The van der Waals surface area contributed by atoms with E-state index in [-0.39, 0.29) is 17.4 Å². The lowest BCUT2D eigenvalue weighted by atomic mass is 10.0. The molecule has 20 heavy (non-hydrogen) atoms. The Labute approximate surface area is 127 Å². The van der Waals surface area contributed by atoms with Gasteiger partial charge in [-0.3, -0.25) is 0 Å². The summed E-state index contributed by atoms with van der Waals surface area (Å²) >= 11 is 11.4. The number of ether oxygens (including phenoxy) is 1. The minimum absolute atomic E-state index is 0.157. The zero-order valence-corrected chi connectivity index (χ0v) is 12.9. The molecule has 0 aliphatic carbocycles. The van der Waals surface area contributed by atoms with Crippen LogP contribution >= 0.6 is 23.2 Å². The van der Waals surface area contributed by atoms with Crippen molar-refractivity contribution < 1.29 is 18.3 Å². The molecule has 0 fully saturated rings. The number of aliphatic hydroxyl groups excluding tert-OH is 1. The first-order chi connectivity index (χ1) is 9.32. The number of alkyl halides is 2. The van der Waals surface area contributed by atoms with Crippen molar-refractivity contribution in [3.8, 4) is 0 Å². The van der Waals surface area contributed by atoms with Crippen molar-refractivity contribution in [3.05, 3.63) is 29.8 Å². The molecule has 110 valence electrons. The molecule has 1 aromatic rings. The molecule has 1 aromatic carbocycles. The Bertz CT molecular complexity index is 613. The number of hydrogen-bond donors (Lipinski definition) is 1. The Kier molecular flexibility index (Phi) is 4.59. The summed E-state index contributed by atoms with van der Waals surface area (Å²) in [6.45, 7) is -0.220. The highest BCUT2D eigenvalue weighted by Crippen LogP contribution is 2.31. The highest BCUT2D eigenvalue weighted by atomic mass is 35.5. The number of nitrogens with zero attached hydrogens (tertiary/aromatic N) is 1. The SMILES string of the molecule is CS(=O)(=O)c1ccc([C@@H]2OC(C(Cl)Cl)=N[C@H]2CO)cc1. The van der Waals surface area contributed by atoms with Crippen LogP contribution in [0.4, 0.5) is 0 Å². The predicted molar refractivity (Wildman–Crippen MR) is 77.2 cm³/mol. The van der Waals surface area contributed by atoms with Crippen LogP contribution in [-0.4, -0.2) is 43.2 Å². The van der Waals surface area contributed by atoms with Gasteiger partial charge < -0.3 is 9.84 Å². The van der Waals surface area contributed by atoms with E-state index in [9.17, 15) is 13.5 Å². The fourth-order valence-corrected chi connectivity index (χ4v) is 2.76. The van der Waals surface area contributed by atoms with E-state index in [0.717, 1.165) is 6.26 Å². The summed E-state index contributed by atoms with van der Waals surface area (Å²) in [6.07, 6.45) is 0.612. The van der Waals surface area contributed by atoms with Crippen LogP contribution in [0, 0.1) is 0 Å². The smallest absolute Gasteiger partial charge is 0.218 e. The van der Waals surface area contributed by atoms with Crippen LogP contribution in [0.25, 0.3) is 0 Å². The van der Waals surface area contributed by atoms with Crippen LogP contribution in [-0.2, 0) is 14.6 Å². The minimum Gasteiger partial charge on any atom is -0.468 e. The number of hydrogen-bond acceptors (Lipinski definition) is 5. The lowest BCUT2D eigenvalue weighted by Crippen LogP contribution is -2.18. The average Bonchev–Trinajstić information content (AvgIpc) is 2.82. The van der Waals surface area contributed by atoms with Crippen LogP contribution < -0.4 is 0 Å². The van der Waals surface area contributed by atoms with Gasteiger partial charge in [-0.25, -0.2) is 13.4 Å². The number of halogens is 2. The Morgan fingerprint density at radius 2 is 1.95 bits per heavy atom. The van der Waals surface area contributed by atoms with Gasteiger partial charge in [0, 0.05) is 6.26 Å². The fraction of sp³-hybridized carbons (Fsp3) is 0.417. The van der Waals surface area contributed by atoms with Crippen molar-refractivity contribution >= 4 is 38.9 Å². The maximum Gasteiger partial charge on any atom is 0.218 e. The van der Waals surface area contributed by atoms with E-state index < -0.39 is 26.8 Å². The zero-order chi connectivity index (χ0) is 14.9. The summed E-state index contributed by atoms with van der Waals surface area (Å²) < 4.78 is 28.3. The molecule has 0 bridgehead atoms. The van der Waals surface area contributed by atoms with E-state index in [1.807, 2.05) is 0 Å². The van der Waals surface area contributed by atoms with Gasteiger partial charge in [-0.05, 0) is 17.7 Å². The van der Waals surface area contributed by atoms with Crippen molar-refractivity contribution in [2.45, 2.75) is 21.9 Å². The monoisotopic (exact) mass is 337 g/mol. The number of sulfone groups is 1. The predicted octanol–water partition coefficient (Wildman–Crippen LogP) is 1.72. The largest absolute Gasteiger partial charge is 0.468 e. The van der Waals surface area contributed by atoms with Crippen LogP contribution in [0.5, 0.6) is 0 Å². The first-order valence-electron chi connectivity index (χ1n) is 5.76. The van der Waals surface area contributed by atoms with Crippen LogP contribution in [0.2, 0.25) is 0 Å². The lowest BCUT2D eigenvalue weighted by Gasteiger charge is -2.16. The standard InChI is InChI=1S/C12H13Cl2NO4S/c1-20(17,18)8-4-2-7(3-5-8)10-9(6-16)15-12(19-10)11(13)14/h2-5,9-11,16H,6H2,1H3/t9-,10-/m0/s1. The Balaban J connectivity index is 2.25. The maximum absolute atomic E-state index is 11.4. The van der Waals surface area contributed by atoms with Crippen LogP contribution in [0.15, 0.2) is 34.2 Å². The van der Waals surface area contributed by atoms with E-state index in [0.29, 0.717) is 5.56 Å². The molecule has 0 unspecified atom stereocenters. The second kappa shape index (κ2) is 5.89. The topological polar surface area (TPSA) is 76.0 Å². The summed E-state index contributed by atoms with van der Waals surface area (Å²) in [5.74, 6) is 0.157. The van der Waals surface area contributed by atoms with Gasteiger partial charge in [0.25, 0.3) is 0 Å². The van der Waals surface area contributed by atoms with E-state index in [2.05, 4.69) is 4.99 Å². The molecule has 5 nitrogen and oxygen atoms in total. The molecule has 0 aromatic heterocycles. The van der Waals surface area contributed by atoms with Gasteiger partial charge in [0.2, 0.25) is 5.90 Å². The van der Waals surface area contributed by atoms with Gasteiger partial charge in [-0.15, -0.1) is 0 Å². The van der Waals surface area contributed by atoms with Gasteiger partial charge in [0.05, 0.1) is 11.5 Å². The fourth-order valence-electron chi connectivity index (χ4n) is 1.91. The Hall–Kier alpha value is -0.820. The van der Waals surface area contributed by atoms with Crippen molar-refractivity contribution in [2.24, 2.45) is 4.99 Å². The number of rotatable bonds is 4. The first kappa shape index (κ1) is 15.6. The van der Waals surface area contributed by atoms with Crippen LogP contribution in [0.3, 0.4) is 0 Å². The van der Waals surface area contributed by atoms with Crippen molar-refractivity contribution in [3.63, 3.8) is 0 Å². The second-order valence-corrected chi connectivity index (χ2v) is 7.51. The lowest BCUT2D eigenvalue weighted by molar-refractivity contribution is 0.150. The molecule has 1 N–H and O–H groups in total. The van der Waals surface area contributed by atoms with Gasteiger partial charge >= 0.3 is 0 Å². The first-order valence-corrected chi connectivity index (χ1v) is 8.52. The Morgan fingerprint density at radius 3 is 2.40 bits per heavy atom. The Morgan fingerprint density at radius 1 is 1.35 bits per heavy atom. The third-order valence-corrected chi connectivity index (χ3v) is 4.40. The molecule has 1 heterocycles. The summed E-state index contributed by atoms with van der Waals surface area (Å²) in [5, 5.41) is 9.31. The molecule has 2 rings (SSSR count). The minimum atomic E-state index is -3.25. The molecule has 8 heteroatoms. The average molecular weight is 338 g/mol. The number of benzene rings is 1. The van der Waals surface area contributed by atoms with E-state index in [4.69, 9.17) is 27.9 Å². The molecule has 1 aliphatic rings. The van der Waals surface area contributed by atoms with Crippen molar-refractivity contribution in [2.75, 3.05) is 12.9 Å². The maximum atomic E-state index is 11.4. The second-order valence-electron chi connectivity index (χ2n) is 4.40. The zero-order valence-electron chi connectivity index (χ0n) is 10.5. The van der Waals surface area contributed by atoms with Gasteiger partial charge in [0.1, 0.15) is 12.1 Å². The summed E-state index contributed by atoms with van der Waals surface area (Å²) in [7, 11) is -3.25. The highest BCUT2D eigenvalue weighted by molar-refractivity contribution is 7.90. The summed E-state index contributed by atoms with van der Waals surface area (Å²) in [5.41, 5.74) is 0.698. The molecular weight excluding hydrogens is 325 g/mol. The van der Waals surface area contributed by atoms with Gasteiger partial charge in [-0.2, -0.15) is 0 Å². The van der Waals surface area contributed by atoms with Gasteiger partial charge in [-0.1, -0.05) is 35.3 Å². The number of aliphatic imine (C=N–C) groups is 1. The van der Waals surface area contributed by atoms with Crippen molar-refractivity contribution in [1.82, 2.24) is 0 Å². The summed E-state index contributed by atoms with van der Waals surface area (Å²) in [4.78, 5) is 3.41. The molecule has 0 spiro atoms. The molecule has 2 atom stereocenters. The molecular formula is C12H13Cl2NO4S. The molecule has 1 aliphatic heterocycles. The van der Waals surface area contributed by atoms with Crippen molar-refractivity contribution in [1.29, 1.82) is 0 Å². The molecule has 0 saturated heterocycles. The van der Waals surface area contributed by atoms with E-state index in [1.165, 1.54) is 12.1 Å². The van der Waals surface area contributed by atoms with Gasteiger partial charge in [0.15, 0.2) is 14.7 Å². The quantitative estimate of drug-likeness (QED) is 0.849. The third-order valence-electron chi connectivity index (χ3n) is 2.90. The third kappa shape index (κ3) is 3.25.